The minimum Gasteiger partial charge on any atom is -0.377 e. The van der Waals surface area contributed by atoms with Crippen molar-refractivity contribution >= 4 is 17.4 Å². The summed E-state index contributed by atoms with van der Waals surface area (Å²) in [7, 11) is 1.59. The highest BCUT2D eigenvalue weighted by atomic mass is 35.5. The van der Waals surface area contributed by atoms with Crippen molar-refractivity contribution in [3.8, 4) is 11.3 Å². The molecule has 6 heteroatoms. The second-order valence-corrected chi connectivity index (χ2v) is 4.95. The molecule has 0 atom stereocenters. The summed E-state index contributed by atoms with van der Waals surface area (Å²) in [5.41, 5.74) is 1.42. The van der Waals surface area contributed by atoms with Crippen molar-refractivity contribution in [2.24, 2.45) is 0 Å². The fraction of sp³-hybridized carbons (Fsp3) is 0.333. The lowest BCUT2D eigenvalue weighted by Crippen LogP contribution is -2.06. The molecule has 0 bridgehead atoms. The van der Waals surface area contributed by atoms with Gasteiger partial charge in [0.1, 0.15) is 18.2 Å². The molecule has 2 aromatic rings. The molecule has 112 valence electrons. The highest BCUT2D eigenvalue weighted by Crippen LogP contribution is 2.25. The minimum absolute atomic E-state index is 0.0717. The van der Waals surface area contributed by atoms with Crippen LogP contribution in [0.15, 0.2) is 24.3 Å². The number of halogens is 2. The summed E-state index contributed by atoms with van der Waals surface area (Å²) in [6, 6.07) is 6.34. The number of ether oxygens (including phenoxy) is 1. The quantitative estimate of drug-likeness (QED) is 0.879. The summed E-state index contributed by atoms with van der Waals surface area (Å²) in [4.78, 5) is 8.79. The van der Waals surface area contributed by atoms with E-state index in [1.54, 1.807) is 19.2 Å². The average molecular weight is 310 g/mol. The van der Waals surface area contributed by atoms with Crippen LogP contribution in [0.4, 0.5) is 10.2 Å². The second-order valence-electron chi connectivity index (χ2n) is 4.54. The van der Waals surface area contributed by atoms with Gasteiger partial charge in [0.15, 0.2) is 5.82 Å². The van der Waals surface area contributed by atoms with Gasteiger partial charge in [-0.25, -0.2) is 14.4 Å². The van der Waals surface area contributed by atoms with Gasteiger partial charge in [-0.15, -0.1) is 0 Å². The highest BCUT2D eigenvalue weighted by Gasteiger charge is 2.09. The molecule has 0 saturated heterocycles. The summed E-state index contributed by atoms with van der Waals surface area (Å²) in [6.45, 7) is 3.20. The molecule has 0 saturated carbocycles. The fourth-order valence-corrected chi connectivity index (χ4v) is 2.02. The predicted octanol–water partition coefficient (Wildman–Crippen LogP) is 3.90. The molecule has 0 spiro atoms. The van der Waals surface area contributed by atoms with Crippen LogP contribution in [0.1, 0.15) is 19.2 Å². The number of hydrogen-bond acceptors (Lipinski definition) is 4. The van der Waals surface area contributed by atoms with Crippen molar-refractivity contribution in [2.75, 3.05) is 19.0 Å². The molecule has 0 radical (unpaired) electrons. The predicted molar refractivity (Wildman–Crippen MR) is 81.9 cm³/mol. The van der Waals surface area contributed by atoms with Gasteiger partial charge in [-0.2, -0.15) is 0 Å². The van der Waals surface area contributed by atoms with Crippen molar-refractivity contribution in [3.63, 3.8) is 0 Å². The molecule has 0 unspecified atom stereocenters. The SMILES string of the molecule is CCCNc1cc(-c2ccc(F)c(Cl)c2)nc(COC)n1. The van der Waals surface area contributed by atoms with Crippen LogP contribution in [0.2, 0.25) is 5.02 Å². The van der Waals surface area contributed by atoms with Gasteiger partial charge in [-0.3, -0.25) is 0 Å². The Bertz CT molecular complexity index is 622. The molecule has 2 rings (SSSR count). The molecule has 0 amide bonds. The first-order valence-electron chi connectivity index (χ1n) is 6.70. The zero-order valence-corrected chi connectivity index (χ0v) is 12.7. The monoisotopic (exact) mass is 309 g/mol. The van der Waals surface area contributed by atoms with Gasteiger partial charge < -0.3 is 10.1 Å². The van der Waals surface area contributed by atoms with Crippen LogP contribution in [-0.2, 0) is 11.3 Å². The Morgan fingerprint density at radius 3 is 2.76 bits per heavy atom. The molecular formula is C15H17ClFN3O. The summed E-state index contributed by atoms with van der Waals surface area (Å²) in [5.74, 6) is 0.833. The Labute approximate surface area is 128 Å². The van der Waals surface area contributed by atoms with Gasteiger partial charge in [0, 0.05) is 25.3 Å². The highest BCUT2D eigenvalue weighted by molar-refractivity contribution is 6.31. The van der Waals surface area contributed by atoms with Gasteiger partial charge in [0.2, 0.25) is 0 Å². The molecule has 0 aliphatic carbocycles. The second kappa shape index (κ2) is 7.33. The first-order valence-corrected chi connectivity index (χ1v) is 7.08. The van der Waals surface area contributed by atoms with E-state index < -0.39 is 5.82 Å². The standard InChI is InChI=1S/C15H17ClFN3O/c1-3-6-18-14-8-13(19-15(20-14)9-21-2)10-4-5-12(17)11(16)7-10/h4-5,7-8H,3,6,9H2,1-2H3,(H,18,19,20). The number of hydrogen-bond donors (Lipinski definition) is 1. The van der Waals surface area contributed by atoms with E-state index in [9.17, 15) is 4.39 Å². The Kier molecular flexibility index (Phi) is 5.47. The Morgan fingerprint density at radius 1 is 1.29 bits per heavy atom. The smallest absolute Gasteiger partial charge is 0.157 e. The van der Waals surface area contributed by atoms with Crippen LogP contribution in [0.5, 0.6) is 0 Å². The van der Waals surface area contributed by atoms with Crippen molar-refractivity contribution in [1.29, 1.82) is 0 Å². The van der Waals surface area contributed by atoms with Gasteiger partial charge in [0.25, 0.3) is 0 Å². The molecule has 0 aliphatic heterocycles. The maximum absolute atomic E-state index is 13.3. The number of methoxy groups -OCH3 is 1. The van der Waals surface area contributed by atoms with E-state index in [1.165, 1.54) is 6.07 Å². The zero-order chi connectivity index (χ0) is 15.2. The summed E-state index contributed by atoms with van der Waals surface area (Å²) in [5, 5.41) is 3.29. The molecule has 1 heterocycles. The van der Waals surface area contributed by atoms with E-state index in [4.69, 9.17) is 16.3 Å². The van der Waals surface area contributed by atoms with Crippen LogP contribution >= 0.6 is 11.6 Å². The van der Waals surface area contributed by atoms with Gasteiger partial charge in [0.05, 0.1) is 10.7 Å². The van der Waals surface area contributed by atoms with Crippen molar-refractivity contribution in [3.05, 3.63) is 40.9 Å². The molecule has 4 nitrogen and oxygen atoms in total. The van der Waals surface area contributed by atoms with Crippen LogP contribution < -0.4 is 5.32 Å². The van der Waals surface area contributed by atoms with E-state index in [2.05, 4.69) is 22.2 Å². The van der Waals surface area contributed by atoms with Crippen molar-refractivity contribution < 1.29 is 9.13 Å². The molecule has 1 aromatic carbocycles. The lowest BCUT2D eigenvalue weighted by Gasteiger charge is -2.10. The normalized spacial score (nSPS) is 10.7. The molecule has 21 heavy (non-hydrogen) atoms. The average Bonchev–Trinajstić information content (AvgIpc) is 2.48. The van der Waals surface area contributed by atoms with Crippen LogP contribution in [0, 0.1) is 5.82 Å². The largest absolute Gasteiger partial charge is 0.377 e. The Balaban J connectivity index is 2.40. The Hall–Kier alpha value is -1.72. The maximum atomic E-state index is 13.3. The van der Waals surface area contributed by atoms with E-state index in [1.807, 2.05) is 6.07 Å². The van der Waals surface area contributed by atoms with Crippen LogP contribution in [0.25, 0.3) is 11.3 Å². The summed E-state index contributed by atoms with van der Waals surface area (Å²) < 4.78 is 18.3. The third-order valence-electron chi connectivity index (χ3n) is 2.82. The lowest BCUT2D eigenvalue weighted by atomic mass is 10.1. The van der Waals surface area contributed by atoms with Crippen LogP contribution in [0.3, 0.4) is 0 Å². The van der Waals surface area contributed by atoms with Gasteiger partial charge >= 0.3 is 0 Å². The molecule has 1 N–H and O–H groups in total. The summed E-state index contributed by atoms with van der Waals surface area (Å²) in [6.07, 6.45) is 0.987. The number of nitrogens with one attached hydrogen (secondary N) is 1. The minimum atomic E-state index is -0.448. The number of rotatable bonds is 6. The van der Waals surface area contributed by atoms with Crippen LogP contribution in [-0.4, -0.2) is 23.6 Å². The van der Waals surface area contributed by atoms with Gasteiger partial charge in [-0.05, 0) is 24.6 Å². The maximum Gasteiger partial charge on any atom is 0.157 e. The topological polar surface area (TPSA) is 47.0 Å². The number of benzene rings is 1. The zero-order valence-electron chi connectivity index (χ0n) is 12.0. The number of aromatic nitrogens is 2. The number of anilines is 1. The van der Waals surface area contributed by atoms with E-state index in [0.717, 1.165) is 18.5 Å². The van der Waals surface area contributed by atoms with Gasteiger partial charge in [-0.1, -0.05) is 18.5 Å². The molecule has 1 aromatic heterocycles. The van der Waals surface area contributed by atoms with E-state index in [-0.39, 0.29) is 5.02 Å². The Morgan fingerprint density at radius 2 is 2.10 bits per heavy atom. The lowest BCUT2D eigenvalue weighted by molar-refractivity contribution is 0.178. The number of nitrogens with zero attached hydrogens (tertiary/aromatic N) is 2. The molecular weight excluding hydrogens is 293 g/mol. The van der Waals surface area contributed by atoms with E-state index >= 15 is 0 Å². The van der Waals surface area contributed by atoms with E-state index in [0.29, 0.717) is 23.9 Å². The summed E-state index contributed by atoms with van der Waals surface area (Å²) >= 11 is 5.83. The third-order valence-corrected chi connectivity index (χ3v) is 3.11. The first kappa shape index (κ1) is 15.7. The molecule has 0 fully saturated rings. The van der Waals surface area contributed by atoms with Crippen molar-refractivity contribution in [2.45, 2.75) is 20.0 Å². The molecule has 0 aliphatic rings. The third kappa shape index (κ3) is 4.12. The first-order chi connectivity index (χ1) is 10.1. The van der Waals surface area contributed by atoms with Crippen molar-refractivity contribution in [1.82, 2.24) is 9.97 Å². The fourth-order valence-electron chi connectivity index (χ4n) is 1.84.